The van der Waals surface area contributed by atoms with E-state index in [4.69, 9.17) is 24.7 Å². The summed E-state index contributed by atoms with van der Waals surface area (Å²) in [4.78, 5) is 13.4. The molecule has 0 aromatic heterocycles. The quantitative estimate of drug-likeness (QED) is 0.218. The summed E-state index contributed by atoms with van der Waals surface area (Å²) >= 11 is 0. The van der Waals surface area contributed by atoms with E-state index < -0.39 is 5.79 Å². The summed E-state index contributed by atoms with van der Waals surface area (Å²) in [5.74, 6) is -0.459. The molecule has 0 unspecified atom stereocenters. The van der Waals surface area contributed by atoms with Crippen LogP contribution in [0.15, 0.2) is 12.1 Å². The van der Waals surface area contributed by atoms with E-state index in [0.29, 0.717) is 42.3 Å². The van der Waals surface area contributed by atoms with Gasteiger partial charge in [-0.25, -0.2) is 0 Å². The molecule has 1 aliphatic rings. The Balaban J connectivity index is 2.25. The highest BCUT2D eigenvalue weighted by molar-refractivity contribution is 5.69. The average Bonchev–Trinajstić information content (AvgIpc) is 2.80. The number of hydrogen-bond donors (Lipinski definition) is 2. The van der Waals surface area contributed by atoms with Gasteiger partial charge in [0.05, 0.1) is 34.0 Å². The van der Waals surface area contributed by atoms with Gasteiger partial charge in [0, 0.05) is 44.0 Å². The number of hydrogen-bond acceptors (Lipinski definition) is 9. The number of carbonyl (C=O) groups is 1. The Morgan fingerprint density at radius 3 is 2.55 bits per heavy atom. The molecule has 1 atom stereocenters. The Labute approximate surface area is 184 Å². The van der Waals surface area contributed by atoms with E-state index in [2.05, 4.69) is 9.64 Å². The number of nitrogen functional groups attached to an aromatic ring is 1. The number of esters is 1. The number of anilines is 1. The van der Waals surface area contributed by atoms with Crippen molar-refractivity contribution in [1.29, 1.82) is 0 Å². The molecule has 176 valence electrons. The fourth-order valence-corrected chi connectivity index (χ4v) is 3.94. The first-order chi connectivity index (χ1) is 14.9. The molecular weight excluding hydrogens is 404 g/mol. The molecule has 1 aromatic rings. The Morgan fingerprint density at radius 2 is 1.94 bits per heavy atom. The topological polar surface area (TPSA) is 113 Å². The number of likely N-dealkylation sites (tertiary alicyclic amines) is 1. The molecule has 0 amide bonds. The number of rotatable bonds is 12. The summed E-state index contributed by atoms with van der Waals surface area (Å²) in [5, 5.41) is 9.79. The maximum absolute atomic E-state index is 11.3. The van der Waals surface area contributed by atoms with Crippen LogP contribution in [0.3, 0.4) is 0 Å². The molecule has 3 N–H and O–H groups in total. The minimum Gasteiger partial charge on any atom is -0.493 e. The highest BCUT2D eigenvalue weighted by atomic mass is 16.7. The van der Waals surface area contributed by atoms with Crippen LogP contribution in [-0.4, -0.2) is 76.8 Å². The van der Waals surface area contributed by atoms with Crippen LogP contribution < -0.4 is 15.2 Å². The first kappa shape index (κ1) is 25.2. The van der Waals surface area contributed by atoms with Crippen molar-refractivity contribution in [2.24, 2.45) is 0 Å². The van der Waals surface area contributed by atoms with Crippen LogP contribution in [0.25, 0.3) is 0 Å². The molecule has 0 bridgehead atoms. The van der Waals surface area contributed by atoms with Crippen molar-refractivity contribution >= 4 is 11.7 Å². The summed E-state index contributed by atoms with van der Waals surface area (Å²) in [5.41, 5.74) is 7.45. The zero-order chi connectivity index (χ0) is 22.9. The van der Waals surface area contributed by atoms with Gasteiger partial charge < -0.3 is 34.5 Å². The fraction of sp³-hybridized carbons (Fsp3) is 0.682. The molecule has 1 aliphatic heterocycles. The van der Waals surface area contributed by atoms with Crippen molar-refractivity contribution in [3.05, 3.63) is 17.7 Å². The lowest BCUT2D eigenvalue weighted by atomic mass is 9.97. The average molecular weight is 441 g/mol. The number of benzene rings is 1. The van der Waals surface area contributed by atoms with Crippen LogP contribution >= 0.6 is 0 Å². The molecule has 0 radical (unpaired) electrons. The number of aliphatic hydroxyl groups is 1. The van der Waals surface area contributed by atoms with Crippen molar-refractivity contribution in [3.8, 4) is 11.5 Å². The van der Waals surface area contributed by atoms with Crippen LogP contribution in [0.2, 0.25) is 0 Å². The van der Waals surface area contributed by atoms with Gasteiger partial charge in [-0.05, 0) is 31.9 Å². The number of nitrogens with zero attached hydrogens (tertiary/aromatic N) is 1. The molecule has 9 nitrogen and oxygen atoms in total. The second-order valence-electron chi connectivity index (χ2n) is 7.58. The second-order valence-corrected chi connectivity index (χ2v) is 7.58. The minimum atomic E-state index is -1.13. The maximum Gasteiger partial charge on any atom is 0.305 e. The summed E-state index contributed by atoms with van der Waals surface area (Å²) in [6, 6.07) is 3.49. The molecule has 1 fully saturated rings. The van der Waals surface area contributed by atoms with Crippen LogP contribution in [0.4, 0.5) is 5.69 Å². The molecule has 2 rings (SSSR count). The van der Waals surface area contributed by atoms with Crippen molar-refractivity contribution in [2.75, 3.05) is 60.5 Å². The lowest BCUT2D eigenvalue weighted by Gasteiger charge is -2.42. The molecule has 1 aromatic carbocycles. The van der Waals surface area contributed by atoms with Crippen LogP contribution in [-0.2, 0) is 24.8 Å². The van der Waals surface area contributed by atoms with E-state index in [9.17, 15) is 9.90 Å². The van der Waals surface area contributed by atoms with Gasteiger partial charge in [-0.2, -0.15) is 0 Å². The van der Waals surface area contributed by atoms with Crippen LogP contribution in [0.5, 0.6) is 11.5 Å². The monoisotopic (exact) mass is 440 g/mol. The van der Waals surface area contributed by atoms with E-state index in [-0.39, 0.29) is 25.0 Å². The van der Waals surface area contributed by atoms with Crippen molar-refractivity contribution in [1.82, 2.24) is 4.90 Å². The van der Waals surface area contributed by atoms with Crippen LogP contribution in [0, 0.1) is 0 Å². The SMILES string of the molecule is COC(=O)CCCOc1cc(N)c(C(CN2CCCC[C@H]2CO)(OC)OC)cc1OC. The summed E-state index contributed by atoms with van der Waals surface area (Å²) in [6.07, 6.45) is 3.85. The third-order valence-electron chi connectivity index (χ3n) is 5.79. The molecule has 0 saturated carbocycles. The van der Waals surface area contributed by atoms with Gasteiger partial charge in [0.1, 0.15) is 0 Å². The van der Waals surface area contributed by atoms with Crippen molar-refractivity contribution in [2.45, 2.75) is 43.9 Å². The highest BCUT2D eigenvalue weighted by Gasteiger charge is 2.39. The third-order valence-corrected chi connectivity index (χ3v) is 5.79. The van der Waals surface area contributed by atoms with Gasteiger partial charge in [-0.15, -0.1) is 0 Å². The Bertz CT molecular complexity index is 709. The lowest BCUT2D eigenvalue weighted by molar-refractivity contribution is -0.230. The largest absolute Gasteiger partial charge is 0.493 e. The molecule has 9 heteroatoms. The number of aliphatic hydroxyl groups excluding tert-OH is 1. The van der Waals surface area contributed by atoms with Gasteiger partial charge in [0.25, 0.3) is 0 Å². The molecule has 0 aliphatic carbocycles. The molecule has 0 spiro atoms. The van der Waals surface area contributed by atoms with E-state index in [1.54, 1.807) is 33.5 Å². The zero-order valence-corrected chi connectivity index (χ0v) is 19.0. The standard InChI is InChI=1S/C22H36N2O7/c1-27-19-12-17(18(23)13-20(19)31-11-7-9-21(26)28-2)22(29-3,30-4)15-24-10-6-5-8-16(24)14-25/h12-13,16,25H,5-11,14-15,23H2,1-4H3/t16-/m0/s1. The number of ether oxygens (including phenoxy) is 5. The van der Waals surface area contributed by atoms with Gasteiger partial charge in [0.2, 0.25) is 5.79 Å². The van der Waals surface area contributed by atoms with Crippen molar-refractivity contribution < 1.29 is 33.6 Å². The summed E-state index contributed by atoms with van der Waals surface area (Å²) in [6.45, 7) is 1.66. The number of nitrogens with two attached hydrogens (primary N) is 1. The number of methoxy groups -OCH3 is 4. The van der Waals surface area contributed by atoms with Gasteiger partial charge in [0.15, 0.2) is 11.5 Å². The van der Waals surface area contributed by atoms with Gasteiger partial charge in [-0.1, -0.05) is 6.42 Å². The predicted molar refractivity (Wildman–Crippen MR) is 116 cm³/mol. The van der Waals surface area contributed by atoms with E-state index >= 15 is 0 Å². The molecular formula is C22H36N2O7. The smallest absolute Gasteiger partial charge is 0.305 e. The predicted octanol–water partition coefficient (Wildman–Crippen LogP) is 1.90. The molecule has 1 saturated heterocycles. The maximum atomic E-state index is 11.3. The number of carbonyl (C=O) groups excluding carboxylic acids is 1. The Hall–Kier alpha value is -2.07. The highest BCUT2D eigenvalue weighted by Crippen LogP contribution is 2.40. The lowest BCUT2D eigenvalue weighted by Crippen LogP contribution is -2.51. The Kier molecular flexibility index (Phi) is 9.83. The van der Waals surface area contributed by atoms with Gasteiger partial charge in [-0.3, -0.25) is 9.69 Å². The first-order valence-electron chi connectivity index (χ1n) is 10.6. The van der Waals surface area contributed by atoms with E-state index in [1.165, 1.54) is 7.11 Å². The van der Waals surface area contributed by atoms with Crippen molar-refractivity contribution in [3.63, 3.8) is 0 Å². The van der Waals surface area contributed by atoms with Crippen LogP contribution in [0.1, 0.15) is 37.7 Å². The summed E-state index contributed by atoms with van der Waals surface area (Å²) < 4.78 is 27.6. The molecule has 1 heterocycles. The zero-order valence-electron chi connectivity index (χ0n) is 19.0. The molecule has 31 heavy (non-hydrogen) atoms. The third kappa shape index (κ3) is 6.22. The van der Waals surface area contributed by atoms with E-state index in [1.807, 2.05) is 0 Å². The summed E-state index contributed by atoms with van der Waals surface area (Å²) in [7, 11) is 6.05. The number of piperidine rings is 1. The van der Waals surface area contributed by atoms with E-state index in [0.717, 1.165) is 25.8 Å². The fourth-order valence-electron chi connectivity index (χ4n) is 3.94. The first-order valence-corrected chi connectivity index (χ1v) is 10.6. The van der Waals surface area contributed by atoms with Gasteiger partial charge >= 0.3 is 5.97 Å². The Morgan fingerprint density at radius 1 is 1.19 bits per heavy atom. The second kappa shape index (κ2) is 12.1. The normalized spacial score (nSPS) is 17.4. The minimum absolute atomic E-state index is 0.0546.